The van der Waals surface area contributed by atoms with E-state index in [1.165, 1.54) is 22.7 Å². The number of β-lactam (4-membered cyclic amide) rings is 1. The third-order valence-corrected chi connectivity index (χ3v) is 12.6. The predicted molar refractivity (Wildman–Crippen MR) is 129 cm³/mol. The van der Waals surface area contributed by atoms with Crippen molar-refractivity contribution in [3.8, 4) is 0 Å². The van der Waals surface area contributed by atoms with Crippen LogP contribution in [0.5, 0.6) is 0 Å². The van der Waals surface area contributed by atoms with Gasteiger partial charge in [-0.05, 0) is 39.0 Å². The van der Waals surface area contributed by atoms with Crippen LogP contribution in [-0.4, -0.2) is 73.6 Å². The van der Waals surface area contributed by atoms with Crippen LogP contribution < -0.4 is 5.73 Å². The molecule has 180 valence electrons. The van der Waals surface area contributed by atoms with E-state index in [2.05, 4.69) is 40.4 Å². The Labute approximate surface area is 196 Å². The molecule has 10 heteroatoms. The maximum absolute atomic E-state index is 13.2. The third-order valence-electron chi connectivity index (χ3n) is 6.64. The number of carbonyl (C=O) groups excluding carboxylic acids is 3. The molecule has 0 aromatic rings. The SMILES string of the molecule is C=CCOC(=O)C1=C(CN(C)[C@H](C)C(N)=O)S[C@@H]2[C@@H]([C@@H](C)O[Si](C)(C)C(C)(C)C)C(=O)N12. The molecule has 0 bridgehead atoms. The Morgan fingerprint density at radius 3 is 2.44 bits per heavy atom. The molecule has 2 amide bonds. The van der Waals surface area contributed by atoms with E-state index in [1.807, 2.05) is 6.92 Å². The largest absolute Gasteiger partial charge is 0.457 e. The molecule has 0 spiro atoms. The summed E-state index contributed by atoms with van der Waals surface area (Å²) in [6, 6.07) is -0.519. The summed E-state index contributed by atoms with van der Waals surface area (Å²) in [4.78, 5) is 41.5. The Balaban J connectivity index is 2.27. The van der Waals surface area contributed by atoms with Gasteiger partial charge in [0.1, 0.15) is 17.7 Å². The molecule has 32 heavy (non-hydrogen) atoms. The number of hydrogen-bond donors (Lipinski definition) is 1. The number of hydrogen-bond acceptors (Lipinski definition) is 7. The molecule has 2 aliphatic rings. The molecule has 0 aromatic carbocycles. The molecule has 2 aliphatic heterocycles. The molecule has 0 aromatic heterocycles. The summed E-state index contributed by atoms with van der Waals surface area (Å²) in [7, 11) is -0.312. The number of rotatable bonds is 10. The van der Waals surface area contributed by atoms with E-state index < -0.39 is 26.2 Å². The second kappa shape index (κ2) is 9.70. The highest BCUT2D eigenvalue weighted by atomic mass is 32.2. The van der Waals surface area contributed by atoms with Crippen LogP contribution in [0.2, 0.25) is 18.1 Å². The molecular formula is C22H37N3O5SSi. The number of primary amides is 1. The molecule has 8 nitrogen and oxygen atoms in total. The van der Waals surface area contributed by atoms with E-state index in [4.69, 9.17) is 14.9 Å². The lowest BCUT2D eigenvalue weighted by Crippen LogP contribution is -2.62. The molecule has 0 unspecified atom stereocenters. The first-order valence-corrected chi connectivity index (χ1v) is 14.6. The van der Waals surface area contributed by atoms with Crippen LogP contribution in [0.1, 0.15) is 34.6 Å². The summed E-state index contributed by atoms with van der Waals surface area (Å²) in [6.07, 6.45) is 1.21. The second-order valence-electron chi connectivity index (χ2n) is 9.98. The minimum absolute atomic E-state index is 0.0211. The van der Waals surface area contributed by atoms with E-state index >= 15 is 0 Å². The fourth-order valence-electron chi connectivity index (χ4n) is 3.44. The lowest BCUT2D eigenvalue weighted by atomic mass is 9.92. The molecule has 0 radical (unpaired) electrons. The Bertz CT molecular complexity index is 823. The van der Waals surface area contributed by atoms with E-state index in [9.17, 15) is 14.4 Å². The minimum atomic E-state index is -2.07. The van der Waals surface area contributed by atoms with Crippen molar-refractivity contribution in [2.75, 3.05) is 20.2 Å². The summed E-state index contributed by atoms with van der Waals surface area (Å²) in [5, 5.41) is -0.214. The molecule has 2 N–H and O–H groups in total. The predicted octanol–water partition coefficient (Wildman–Crippen LogP) is 2.67. The standard InChI is InChI=1S/C22H37N3O5SSi/c1-10-11-29-21(28)17-15(12-24(7)13(2)18(23)26)31-20-16(19(27)25(17)20)14(3)30-32(8,9)22(4,5)6/h10,13-14,16,20H,1,11-12H2,2-9H3,(H2,23,26)/t13-,14-,16+,20-/m1/s1. The zero-order valence-electron chi connectivity index (χ0n) is 20.4. The Kier molecular flexibility index (Phi) is 8.07. The summed E-state index contributed by atoms with van der Waals surface area (Å²) in [6.45, 7) is 18.4. The fraction of sp³-hybridized carbons (Fsp3) is 0.682. The van der Waals surface area contributed by atoms with Gasteiger partial charge in [-0.2, -0.15) is 0 Å². The molecule has 4 atom stereocenters. The number of esters is 1. The average molecular weight is 484 g/mol. The number of amides is 2. The van der Waals surface area contributed by atoms with Crippen LogP contribution in [0.3, 0.4) is 0 Å². The van der Waals surface area contributed by atoms with E-state index in [1.54, 1.807) is 18.9 Å². The van der Waals surface area contributed by atoms with Gasteiger partial charge >= 0.3 is 5.97 Å². The van der Waals surface area contributed by atoms with Crippen LogP contribution in [0.15, 0.2) is 23.3 Å². The van der Waals surface area contributed by atoms with Crippen molar-refractivity contribution in [3.63, 3.8) is 0 Å². The van der Waals surface area contributed by atoms with Crippen molar-refractivity contribution in [1.82, 2.24) is 9.80 Å². The topological polar surface area (TPSA) is 102 Å². The summed E-state index contributed by atoms with van der Waals surface area (Å²) < 4.78 is 11.8. The summed E-state index contributed by atoms with van der Waals surface area (Å²) in [5.74, 6) is -1.52. The molecule has 1 fully saturated rings. The smallest absolute Gasteiger partial charge is 0.356 e. The highest BCUT2D eigenvalue weighted by molar-refractivity contribution is 8.04. The van der Waals surface area contributed by atoms with Crippen LogP contribution in [-0.2, 0) is 23.5 Å². The maximum Gasteiger partial charge on any atom is 0.356 e. The zero-order chi connectivity index (χ0) is 24.6. The van der Waals surface area contributed by atoms with Crippen LogP contribution in [0.25, 0.3) is 0 Å². The van der Waals surface area contributed by atoms with Crippen molar-refractivity contribution >= 4 is 37.9 Å². The van der Waals surface area contributed by atoms with Gasteiger partial charge in [-0.3, -0.25) is 19.4 Å². The van der Waals surface area contributed by atoms with Gasteiger partial charge in [0, 0.05) is 11.4 Å². The lowest BCUT2D eigenvalue weighted by molar-refractivity contribution is -0.157. The normalized spacial score (nSPS) is 23.0. The quantitative estimate of drug-likeness (QED) is 0.221. The third kappa shape index (κ3) is 5.13. The van der Waals surface area contributed by atoms with E-state index in [-0.39, 0.29) is 40.6 Å². The van der Waals surface area contributed by atoms with Crippen LogP contribution in [0.4, 0.5) is 0 Å². The summed E-state index contributed by atoms with van der Waals surface area (Å²) in [5.41, 5.74) is 5.67. The summed E-state index contributed by atoms with van der Waals surface area (Å²) >= 11 is 1.46. The van der Waals surface area contributed by atoms with Gasteiger partial charge in [-0.1, -0.05) is 33.4 Å². The van der Waals surface area contributed by atoms with Gasteiger partial charge in [-0.15, -0.1) is 11.8 Å². The van der Waals surface area contributed by atoms with Gasteiger partial charge in [0.25, 0.3) is 0 Å². The first kappa shape index (κ1) is 26.6. The van der Waals surface area contributed by atoms with Crippen molar-refractivity contribution in [2.24, 2.45) is 11.7 Å². The second-order valence-corrected chi connectivity index (χ2v) is 15.9. The molecular weight excluding hydrogens is 446 g/mol. The first-order chi connectivity index (χ1) is 14.6. The number of fused-ring (bicyclic) bond motifs is 1. The number of ether oxygens (including phenoxy) is 1. The average Bonchev–Trinajstić information content (AvgIpc) is 2.97. The highest BCUT2D eigenvalue weighted by Crippen LogP contribution is 2.52. The number of likely N-dealkylation sites (N-methyl/N-ethyl adjacent to an activating group) is 1. The van der Waals surface area contributed by atoms with Gasteiger partial charge in [0.2, 0.25) is 11.8 Å². The molecule has 2 rings (SSSR count). The van der Waals surface area contributed by atoms with E-state index in [0.717, 1.165) is 0 Å². The minimum Gasteiger partial charge on any atom is -0.457 e. The number of thioether (sulfide) groups is 1. The van der Waals surface area contributed by atoms with Crippen molar-refractivity contribution in [2.45, 2.75) is 70.3 Å². The molecule has 1 saturated heterocycles. The van der Waals surface area contributed by atoms with Crippen LogP contribution in [0, 0.1) is 5.92 Å². The Morgan fingerprint density at radius 1 is 1.34 bits per heavy atom. The maximum atomic E-state index is 13.2. The van der Waals surface area contributed by atoms with Gasteiger partial charge < -0.3 is 14.9 Å². The molecule has 0 saturated carbocycles. The highest BCUT2D eigenvalue weighted by Gasteiger charge is 2.59. The number of nitrogens with two attached hydrogens (primary N) is 1. The Morgan fingerprint density at radius 2 is 1.94 bits per heavy atom. The van der Waals surface area contributed by atoms with Crippen LogP contribution >= 0.6 is 11.8 Å². The molecule has 0 aliphatic carbocycles. The van der Waals surface area contributed by atoms with Crippen molar-refractivity contribution in [3.05, 3.63) is 23.3 Å². The molecule has 2 heterocycles. The zero-order valence-corrected chi connectivity index (χ0v) is 22.2. The number of carbonyl (C=O) groups is 3. The van der Waals surface area contributed by atoms with Gasteiger partial charge in [-0.25, -0.2) is 4.79 Å². The monoisotopic (exact) mass is 483 g/mol. The first-order valence-electron chi connectivity index (χ1n) is 10.8. The van der Waals surface area contributed by atoms with Gasteiger partial charge in [0.15, 0.2) is 8.32 Å². The lowest BCUT2D eigenvalue weighted by Gasteiger charge is -2.48. The van der Waals surface area contributed by atoms with Crippen molar-refractivity contribution in [1.29, 1.82) is 0 Å². The fourth-order valence-corrected chi connectivity index (χ4v) is 6.53. The van der Waals surface area contributed by atoms with E-state index in [0.29, 0.717) is 11.4 Å². The number of nitrogens with zero attached hydrogens (tertiary/aromatic N) is 2. The van der Waals surface area contributed by atoms with Gasteiger partial charge in [0.05, 0.1) is 18.1 Å². The van der Waals surface area contributed by atoms with Crippen molar-refractivity contribution < 1.29 is 23.5 Å². The Hall–Kier alpha value is -1.62.